The summed E-state index contributed by atoms with van der Waals surface area (Å²) in [6, 6.07) is 0. The van der Waals surface area contributed by atoms with Crippen LogP contribution < -0.4 is 5.73 Å². The van der Waals surface area contributed by atoms with Gasteiger partial charge in [0.15, 0.2) is 0 Å². The summed E-state index contributed by atoms with van der Waals surface area (Å²) < 4.78 is 0. The molecule has 0 aromatic heterocycles. The van der Waals surface area contributed by atoms with Gasteiger partial charge in [0.05, 0.1) is 0 Å². The molecule has 0 bridgehead atoms. The number of hydrogen-bond donors (Lipinski definition) is 3. The summed E-state index contributed by atoms with van der Waals surface area (Å²) in [4.78, 5) is 18.8. The van der Waals surface area contributed by atoms with Gasteiger partial charge in [0.1, 0.15) is 0 Å². The lowest BCUT2D eigenvalue weighted by atomic mass is 10.6. The summed E-state index contributed by atoms with van der Waals surface area (Å²) >= 11 is 0. The van der Waals surface area contributed by atoms with Gasteiger partial charge in [-0.05, 0) is 14.1 Å². The van der Waals surface area contributed by atoms with E-state index < -0.39 is 0 Å². The molecule has 6 nitrogen and oxygen atoms in total. The average molecular weight is 180 g/mol. The molecule has 0 aliphatic carbocycles. The Morgan fingerprint density at radius 1 is 1.25 bits per heavy atom. The van der Waals surface area contributed by atoms with Crippen molar-refractivity contribution in [1.82, 2.24) is 4.90 Å². The highest BCUT2D eigenvalue weighted by Gasteiger charge is 1.79. The molecular weight excluding hydrogens is 164 g/mol. The van der Waals surface area contributed by atoms with Crippen molar-refractivity contribution in [2.75, 3.05) is 27.2 Å². The standard InChI is InChI=1S/C4H12N2.2CH2O2/c1-6(2)4-3-5;2*2-1-3/h3-5H2,1-2H3;2*1H,(H,2,3). The first-order chi connectivity index (χ1) is 5.60. The van der Waals surface area contributed by atoms with Crippen LogP contribution in [-0.4, -0.2) is 55.2 Å². The monoisotopic (exact) mass is 180 g/mol. The SMILES string of the molecule is CN(C)CCN.O=CO.O=CO. The van der Waals surface area contributed by atoms with Crippen LogP contribution >= 0.6 is 0 Å². The number of nitrogens with two attached hydrogens (primary N) is 1. The van der Waals surface area contributed by atoms with E-state index >= 15 is 0 Å². The van der Waals surface area contributed by atoms with Crippen LogP contribution in [0.5, 0.6) is 0 Å². The normalized spacial score (nSPS) is 7.00. The minimum atomic E-state index is -0.250. The van der Waals surface area contributed by atoms with Crippen LogP contribution in [0.3, 0.4) is 0 Å². The minimum absolute atomic E-state index is 0.250. The van der Waals surface area contributed by atoms with Gasteiger partial charge in [-0.3, -0.25) is 9.59 Å². The molecular formula is C6H16N2O4. The second-order valence-corrected chi connectivity index (χ2v) is 1.80. The van der Waals surface area contributed by atoms with Gasteiger partial charge in [-0.1, -0.05) is 0 Å². The van der Waals surface area contributed by atoms with Crippen LogP contribution in [0.2, 0.25) is 0 Å². The molecule has 0 unspecified atom stereocenters. The Kier molecular flexibility index (Phi) is 32.1. The lowest BCUT2D eigenvalue weighted by molar-refractivity contribution is -0.123. The van der Waals surface area contributed by atoms with Crippen molar-refractivity contribution in [3.05, 3.63) is 0 Å². The van der Waals surface area contributed by atoms with Gasteiger partial charge in [0.25, 0.3) is 12.9 Å². The lowest BCUT2D eigenvalue weighted by Gasteiger charge is -2.03. The molecule has 0 aromatic rings. The molecule has 0 fully saturated rings. The predicted molar refractivity (Wildman–Crippen MR) is 45.0 cm³/mol. The van der Waals surface area contributed by atoms with Gasteiger partial charge < -0.3 is 20.8 Å². The fourth-order valence-electron chi connectivity index (χ4n) is 0.258. The van der Waals surface area contributed by atoms with Gasteiger partial charge in [-0.25, -0.2) is 0 Å². The second-order valence-electron chi connectivity index (χ2n) is 1.80. The Morgan fingerprint density at radius 3 is 1.50 bits per heavy atom. The van der Waals surface area contributed by atoms with E-state index in [0.717, 1.165) is 13.1 Å². The number of rotatable bonds is 2. The van der Waals surface area contributed by atoms with E-state index in [9.17, 15) is 0 Å². The quantitative estimate of drug-likeness (QED) is 0.466. The summed E-state index contributed by atoms with van der Waals surface area (Å²) in [6.07, 6.45) is 0. The van der Waals surface area contributed by atoms with E-state index in [2.05, 4.69) is 4.90 Å². The van der Waals surface area contributed by atoms with E-state index in [0.29, 0.717) is 0 Å². The maximum atomic E-state index is 8.36. The van der Waals surface area contributed by atoms with Crippen molar-refractivity contribution in [3.63, 3.8) is 0 Å². The summed E-state index contributed by atoms with van der Waals surface area (Å²) in [5, 5.41) is 13.8. The molecule has 0 aromatic carbocycles. The van der Waals surface area contributed by atoms with Crippen LogP contribution in [0, 0.1) is 0 Å². The Morgan fingerprint density at radius 2 is 1.50 bits per heavy atom. The predicted octanol–water partition coefficient (Wildman–Crippen LogP) is -1.09. The van der Waals surface area contributed by atoms with Gasteiger partial charge in [0, 0.05) is 13.1 Å². The number of likely N-dealkylation sites (N-methyl/N-ethyl adjacent to an activating group) is 1. The Balaban J connectivity index is -0.000000115. The highest BCUT2D eigenvalue weighted by atomic mass is 16.3. The van der Waals surface area contributed by atoms with Crippen LogP contribution in [0.25, 0.3) is 0 Å². The van der Waals surface area contributed by atoms with Gasteiger partial charge in [-0.15, -0.1) is 0 Å². The van der Waals surface area contributed by atoms with Crippen LogP contribution in [0.1, 0.15) is 0 Å². The van der Waals surface area contributed by atoms with Crippen molar-refractivity contribution in [2.45, 2.75) is 0 Å². The maximum Gasteiger partial charge on any atom is 0.290 e. The van der Waals surface area contributed by atoms with Gasteiger partial charge >= 0.3 is 0 Å². The fourth-order valence-corrected chi connectivity index (χ4v) is 0.258. The lowest BCUT2D eigenvalue weighted by Crippen LogP contribution is -2.20. The molecule has 0 radical (unpaired) electrons. The highest BCUT2D eigenvalue weighted by Crippen LogP contribution is 1.64. The second kappa shape index (κ2) is 22.5. The smallest absolute Gasteiger partial charge is 0.290 e. The number of nitrogens with zero attached hydrogens (tertiary/aromatic N) is 1. The van der Waals surface area contributed by atoms with Crippen LogP contribution in [0.15, 0.2) is 0 Å². The van der Waals surface area contributed by atoms with Crippen molar-refractivity contribution < 1.29 is 19.8 Å². The Hall–Kier alpha value is -1.14. The molecule has 0 rings (SSSR count). The molecule has 74 valence electrons. The summed E-state index contributed by atoms with van der Waals surface area (Å²) in [6.45, 7) is 1.24. The third kappa shape index (κ3) is 158. The van der Waals surface area contributed by atoms with Crippen LogP contribution in [0.4, 0.5) is 0 Å². The average Bonchev–Trinajstić information content (AvgIpc) is 1.89. The van der Waals surface area contributed by atoms with Gasteiger partial charge in [0.2, 0.25) is 0 Å². The molecule has 0 aliphatic heterocycles. The molecule has 0 spiro atoms. The molecule has 0 aliphatic rings. The number of carboxylic acid groups (broad SMARTS) is 2. The minimum Gasteiger partial charge on any atom is -0.483 e. The highest BCUT2D eigenvalue weighted by molar-refractivity contribution is 5.32. The molecule has 0 saturated heterocycles. The fraction of sp³-hybridized carbons (Fsp3) is 0.667. The molecule has 0 heterocycles. The van der Waals surface area contributed by atoms with E-state index in [1.807, 2.05) is 14.1 Å². The first kappa shape index (κ1) is 17.1. The number of hydrogen-bond acceptors (Lipinski definition) is 4. The molecule has 0 atom stereocenters. The first-order valence-corrected chi connectivity index (χ1v) is 3.11. The Bertz CT molecular complexity index is 81.6. The van der Waals surface area contributed by atoms with Crippen LogP contribution in [-0.2, 0) is 9.59 Å². The summed E-state index contributed by atoms with van der Waals surface area (Å²) in [5.41, 5.74) is 5.19. The summed E-state index contributed by atoms with van der Waals surface area (Å²) in [7, 11) is 4.01. The van der Waals surface area contributed by atoms with E-state index in [4.69, 9.17) is 25.5 Å². The zero-order valence-corrected chi connectivity index (χ0v) is 7.30. The Labute approximate surface area is 71.6 Å². The molecule has 6 heteroatoms. The van der Waals surface area contributed by atoms with E-state index in [1.165, 1.54) is 0 Å². The largest absolute Gasteiger partial charge is 0.483 e. The van der Waals surface area contributed by atoms with E-state index in [1.54, 1.807) is 0 Å². The molecule has 0 saturated carbocycles. The molecule has 4 N–H and O–H groups in total. The zero-order valence-electron chi connectivity index (χ0n) is 7.30. The topological polar surface area (TPSA) is 104 Å². The maximum absolute atomic E-state index is 8.36. The van der Waals surface area contributed by atoms with Crippen molar-refractivity contribution in [3.8, 4) is 0 Å². The summed E-state index contributed by atoms with van der Waals surface area (Å²) in [5.74, 6) is 0. The molecule has 12 heavy (non-hydrogen) atoms. The first-order valence-electron chi connectivity index (χ1n) is 3.11. The number of carbonyl (C=O) groups is 2. The van der Waals surface area contributed by atoms with Gasteiger partial charge in [-0.2, -0.15) is 0 Å². The van der Waals surface area contributed by atoms with Crippen molar-refractivity contribution in [2.24, 2.45) is 5.73 Å². The zero-order chi connectivity index (χ0) is 10.4. The van der Waals surface area contributed by atoms with Crippen molar-refractivity contribution >= 4 is 12.9 Å². The van der Waals surface area contributed by atoms with E-state index in [-0.39, 0.29) is 12.9 Å². The van der Waals surface area contributed by atoms with Crippen molar-refractivity contribution in [1.29, 1.82) is 0 Å². The third-order valence-electron chi connectivity index (χ3n) is 0.576. The molecule has 0 amide bonds. The third-order valence-corrected chi connectivity index (χ3v) is 0.576.